The zero-order chi connectivity index (χ0) is 22.5. The van der Waals surface area contributed by atoms with Crippen LogP contribution in [0.3, 0.4) is 0 Å². The second-order valence-corrected chi connectivity index (χ2v) is 7.19. The van der Waals surface area contributed by atoms with Crippen LogP contribution in [0.4, 0.5) is 11.8 Å². The van der Waals surface area contributed by atoms with Crippen molar-refractivity contribution in [1.29, 1.82) is 0 Å². The Balaban J connectivity index is 2.12. The van der Waals surface area contributed by atoms with Crippen molar-refractivity contribution in [1.82, 2.24) is 19.9 Å². The Hall–Kier alpha value is -3.63. The number of carbonyl (C=O) groups is 1. The largest absolute Gasteiger partial charge is 0.384 e. The van der Waals surface area contributed by atoms with Gasteiger partial charge in [0.15, 0.2) is 0 Å². The maximum atomic E-state index is 12.9. The lowest BCUT2D eigenvalue weighted by atomic mass is 10.0. The normalized spacial score (nSPS) is 10.3. The number of pyridine rings is 1. The number of aromatic nitrogens is 3. The van der Waals surface area contributed by atoms with Crippen molar-refractivity contribution in [3.8, 4) is 23.1 Å². The Morgan fingerprint density at radius 2 is 1.84 bits per heavy atom. The van der Waals surface area contributed by atoms with Crippen LogP contribution in [-0.4, -0.2) is 38.8 Å². The number of hydrogen-bond donors (Lipinski definition) is 2. The second-order valence-electron chi connectivity index (χ2n) is 6.78. The number of rotatable bonds is 4. The summed E-state index contributed by atoms with van der Waals surface area (Å²) in [6, 6.07) is 8.66. The Kier molecular flexibility index (Phi) is 6.73. The average molecular weight is 435 g/mol. The quantitative estimate of drug-likeness (QED) is 0.607. The molecule has 4 N–H and O–H groups in total. The first-order valence-electron chi connectivity index (χ1n) is 9.80. The molecule has 0 saturated carbocycles. The lowest BCUT2D eigenvalue weighted by Gasteiger charge is -2.20. The van der Waals surface area contributed by atoms with Crippen LogP contribution in [0.15, 0.2) is 36.5 Å². The van der Waals surface area contributed by atoms with Crippen LogP contribution in [0.1, 0.15) is 41.0 Å². The van der Waals surface area contributed by atoms with E-state index in [2.05, 4.69) is 26.8 Å². The van der Waals surface area contributed by atoms with Gasteiger partial charge in [-0.05, 0) is 45.0 Å². The summed E-state index contributed by atoms with van der Waals surface area (Å²) in [5, 5.41) is 0.375. The van der Waals surface area contributed by atoms with E-state index in [0.29, 0.717) is 57.6 Å². The van der Waals surface area contributed by atoms with E-state index in [1.54, 1.807) is 41.4 Å². The van der Waals surface area contributed by atoms with Crippen molar-refractivity contribution in [3.05, 3.63) is 63.9 Å². The maximum absolute atomic E-state index is 12.9. The van der Waals surface area contributed by atoms with Crippen LogP contribution in [0.25, 0.3) is 11.3 Å². The third-order valence-electron chi connectivity index (χ3n) is 4.75. The van der Waals surface area contributed by atoms with Gasteiger partial charge in [0, 0.05) is 30.4 Å². The van der Waals surface area contributed by atoms with E-state index in [9.17, 15) is 4.79 Å². The molecule has 0 aliphatic heterocycles. The van der Waals surface area contributed by atoms with E-state index in [0.717, 1.165) is 0 Å². The van der Waals surface area contributed by atoms with Gasteiger partial charge < -0.3 is 16.4 Å². The summed E-state index contributed by atoms with van der Waals surface area (Å²) < 4.78 is 0. The maximum Gasteiger partial charge on any atom is 0.255 e. The van der Waals surface area contributed by atoms with Gasteiger partial charge in [-0.15, -0.1) is 0 Å². The Morgan fingerprint density at radius 3 is 2.48 bits per heavy atom. The Labute approximate surface area is 186 Å². The molecule has 3 aromatic rings. The van der Waals surface area contributed by atoms with E-state index < -0.39 is 0 Å². The standard InChI is InChI=1S/C23H23ClN6O/c1-4-30(5-2)22(31)18-12-16(8-10-19(18)24)21-17(14(3)28-23(26)29-21)9-6-15-7-11-20(25)27-13-15/h7-8,10-13H,4-5H2,1-3H3,(H2,25,27)(H2,26,28,29). The number of benzene rings is 1. The van der Waals surface area contributed by atoms with Crippen LogP contribution in [-0.2, 0) is 0 Å². The molecule has 2 aromatic heterocycles. The number of hydrogen-bond acceptors (Lipinski definition) is 6. The summed E-state index contributed by atoms with van der Waals surface area (Å²) in [7, 11) is 0. The van der Waals surface area contributed by atoms with Crippen LogP contribution >= 0.6 is 11.6 Å². The first-order valence-corrected chi connectivity index (χ1v) is 10.2. The predicted octanol–water partition coefficient (Wildman–Crippen LogP) is 3.55. The van der Waals surface area contributed by atoms with Crippen molar-refractivity contribution in [2.75, 3.05) is 24.6 Å². The van der Waals surface area contributed by atoms with Crippen molar-refractivity contribution in [2.45, 2.75) is 20.8 Å². The van der Waals surface area contributed by atoms with E-state index in [4.69, 9.17) is 23.1 Å². The predicted molar refractivity (Wildman–Crippen MR) is 124 cm³/mol. The van der Waals surface area contributed by atoms with Crippen molar-refractivity contribution in [2.24, 2.45) is 0 Å². The second kappa shape index (κ2) is 9.45. The molecular weight excluding hydrogens is 412 g/mol. The van der Waals surface area contributed by atoms with Gasteiger partial charge in [-0.1, -0.05) is 29.5 Å². The van der Waals surface area contributed by atoms with Gasteiger partial charge in [0.05, 0.1) is 27.5 Å². The lowest BCUT2D eigenvalue weighted by molar-refractivity contribution is 0.0773. The molecule has 0 unspecified atom stereocenters. The van der Waals surface area contributed by atoms with Crippen LogP contribution in [0.2, 0.25) is 5.02 Å². The number of amides is 1. The zero-order valence-electron chi connectivity index (χ0n) is 17.6. The van der Waals surface area contributed by atoms with Gasteiger partial charge in [0.2, 0.25) is 5.95 Å². The molecule has 0 spiro atoms. The average Bonchev–Trinajstić information content (AvgIpc) is 2.75. The summed E-state index contributed by atoms with van der Waals surface area (Å²) in [5.74, 6) is 6.57. The number of halogens is 1. The van der Waals surface area contributed by atoms with Crippen molar-refractivity contribution >= 4 is 29.3 Å². The third-order valence-corrected chi connectivity index (χ3v) is 5.08. The first-order chi connectivity index (χ1) is 14.8. The summed E-state index contributed by atoms with van der Waals surface area (Å²) in [6.45, 7) is 6.83. The fourth-order valence-electron chi connectivity index (χ4n) is 3.08. The number of nitrogen functional groups attached to an aromatic ring is 2. The van der Waals surface area contributed by atoms with Crippen LogP contribution in [0, 0.1) is 18.8 Å². The minimum absolute atomic E-state index is 0.124. The van der Waals surface area contributed by atoms with Gasteiger partial charge in [-0.25, -0.2) is 15.0 Å². The lowest BCUT2D eigenvalue weighted by Crippen LogP contribution is -2.30. The highest BCUT2D eigenvalue weighted by molar-refractivity contribution is 6.34. The van der Waals surface area contributed by atoms with E-state index in [1.165, 1.54) is 0 Å². The van der Waals surface area contributed by atoms with E-state index >= 15 is 0 Å². The molecule has 2 heterocycles. The molecule has 7 nitrogen and oxygen atoms in total. The molecule has 0 atom stereocenters. The van der Waals surface area contributed by atoms with Crippen LogP contribution in [0.5, 0.6) is 0 Å². The van der Waals surface area contributed by atoms with E-state index in [-0.39, 0.29) is 11.9 Å². The minimum atomic E-state index is -0.142. The molecular formula is C23H23ClN6O. The number of nitrogens with zero attached hydrogens (tertiary/aromatic N) is 4. The van der Waals surface area contributed by atoms with Crippen LogP contribution < -0.4 is 11.5 Å². The Bertz CT molecular complexity index is 1180. The first kappa shape index (κ1) is 22.1. The summed E-state index contributed by atoms with van der Waals surface area (Å²) in [6.07, 6.45) is 1.60. The van der Waals surface area contributed by atoms with Crippen molar-refractivity contribution in [3.63, 3.8) is 0 Å². The summed E-state index contributed by atoms with van der Waals surface area (Å²) in [5.41, 5.74) is 15.1. The van der Waals surface area contributed by atoms with Gasteiger partial charge in [-0.3, -0.25) is 4.79 Å². The molecule has 3 rings (SSSR count). The molecule has 0 aliphatic rings. The fourth-order valence-corrected chi connectivity index (χ4v) is 3.28. The van der Waals surface area contributed by atoms with Gasteiger partial charge in [-0.2, -0.15) is 0 Å². The molecule has 0 fully saturated rings. The fraction of sp³-hybridized carbons (Fsp3) is 0.217. The molecule has 1 aromatic carbocycles. The number of anilines is 2. The summed E-state index contributed by atoms with van der Waals surface area (Å²) in [4.78, 5) is 27.3. The van der Waals surface area contributed by atoms with Gasteiger partial charge in [0.25, 0.3) is 5.91 Å². The van der Waals surface area contributed by atoms with E-state index in [1.807, 2.05) is 20.8 Å². The molecule has 0 bridgehead atoms. The SMILES string of the molecule is CCN(CC)C(=O)c1cc(-c2nc(N)nc(C)c2C#Cc2ccc(N)nc2)ccc1Cl. The molecule has 8 heteroatoms. The van der Waals surface area contributed by atoms with Crippen molar-refractivity contribution < 1.29 is 4.79 Å². The van der Waals surface area contributed by atoms with Gasteiger partial charge in [0.1, 0.15) is 5.82 Å². The third kappa shape index (κ3) is 4.93. The minimum Gasteiger partial charge on any atom is -0.384 e. The molecule has 158 valence electrons. The Morgan fingerprint density at radius 1 is 1.10 bits per heavy atom. The zero-order valence-corrected chi connectivity index (χ0v) is 18.4. The number of nitrogens with two attached hydrogens (primary N) is 2. The number of carbonyl (C=O) groups excluding carboxylic acids is 1. The molecule has 0 aliphatic carbocycles. The van der Waals surface area contributed by atoms with Gasteiger partial charge >= 0.3 is 0 Å². The summed E-state index contributed by atoms with van der Waals surface area (Å²) >= 11 is 6.34. The molecule has 0 radical (unpaired) electrons. The highest BCUT2D eigenvalue weighted by Gasteiger charge is 2.19. The highest BCUT2D eigenvalue weighted by atomic mass is 35.5. The smallest absolute Gasteiger partial charge is 0.255 e. The molecule has 0 saturated heterocycles. The highest BCUT2D eigenvalue weighted by Crippen LogP contribution is 2.28. The molecule has 31 heavy (non-hydrogen) atoms. The number of aryl methyl sites for hydroxylation is 1. The molecule has 1 amide bonds. The monoisotopic (exact) mass is 434 g/mol. The topological polar surface area (TPSA) is 111 Å².